The number of oxime groups is 1. The summed E-state index contributed by atoms with van der Waals surface area (Å²) in [6, 6.07) is 15.1. The number of benzene rings is 3. The average Bonchev–Trinajstić information content (AvgIpc) is 3.72. The van der Waals surface area contributed by atoms with Gasteiger partial charge in [0.2, 0.25) is 5.60 Å². The minimum absolute atomic E-state index is 0.309. The molecule has 0 aromatic heterocycles. The number of nitrogens with one attached hydrogen (secondary N) is 1. The molecule has 1 spiro atoms. The number of hydrogen-bond donors (Lipinski definition) is 1. The Labute approximate surface area is 288 Å². The van der Waals surface area contributed by atoms with Crippen molar-refractivity contribution in [3.8, 4) is 11.5 Å². The van der Waals surface area contributed by atoms with Crippen molar-refractivity contribution in [1.29, 1.82) is 0 Å². The van der Waals surface area contributed by atoms with Gasteiger partial charge in [-0.05, 0) is 95.8 Å². The Hall–Kier alpha value is -4.45. The first-order valence-corrected chi connectivity index (χ1v) is 16.1. The van der Waals surface area contributed by atoms with Crippen LogP contribution in [0.1, 0.15) is 77.1 Å². The summed E-state index contributed by atoms with van der Waals surface area (Å²) in [4.78, 5) is 34.4. The van der Waals surface area contributed by atoms with Gasteiger partial charge in [0, 0.05) is 40.4 Å². The SMILES string of the molecule is COc1cc(NC(C(=O)N2CC3(CC3)c3ccc(OC(F)(F)F)cc32)c2ccc(Cl)cc2)cc(/C(C)=N/OC(C)(C)C(=O)OC(C)(C)C)c1. The quantitative estimate of drug-likeness (QED) is 0.129. The zero-order chi connectivity index (χ0) is 35.9. The third-order valence-corrected chi connectivity index (χ3v) is 8.52. The van der Waals surface area contributed by atoms with Crippen LogP contribution in [-0.2, 0) is 24.6 Å². The minimum Gasteiger partial charge on any atom is -0.497 e. The zero-order valence-corrected chi connectivity index (χ0v) is 29.1. The van der Waals surface area contributed by atoms with E-state index in [1.807, 2.05) is 0 Å². The highest BCUT2D eigenvalue weighted by molar-refractivity contribution is 6.30. The van der Waals surface area contributed by atoms with Gasteiger partial charge in [0.15, 0.2) is 0 Å². The van der Waals surface area contributed by atoms with E-state index in [4.69, 9.17) is 25.9 Å². The molecule has 1 N–H and O–H groups in total. The monoisotopic (exact) mass is 701 g/mol. The highest BCUT2D eigenvalue weighted by Gasteiger charge is 2.54. The first kappa shape index (κ1) is 35.8. The molecule has 1 fully saturated rings. The molecule has 13 heteroatoms. The van der Waals surface area contributed by atoms with Crippen LogP contribution >= 0.6 is 11.6 Å². The lowest BCUT2D eigenvalue weighted by Gasteiger charge is -2.27. The number of carbonyl (C=O) groups is 2. The maximum absolute atomic E-state index is 14.5. The highest BCUT2D eigenvalue weighted by Crippen LogP contribution is 2.57. The standard InChI is InChI=1S/C36H39ClF3N3O6/c1-21(42-49-34(5,6)32(45)48-33(2,3)4)23-16-25(18-27(17-23)46-7)41-30(22-8-10-24(37)11-9-22)31(44)43-20-35(14-15-35)28-13-12-26(19-29(28)43)47-36(38,39)40/h8-13,16-19,30,41H,14-15,20H2,1-7H3/b42-21+. The molecule has 262 valence electrons. The number of carbonyl (C=O) groups excluding carboxylic acids is 2. The van der Waals surface area contributed by atoms with Gasteiger partial charge in [-0.15, -0.1) is 13.2 Å². The maximum atomic E-state index is 14.5. The van der Waals surface area contributed by atoms with Crippen molar-refractivity contribution in [1.82, 2.24) is 0 Å². The van der Waals surface area contributed by atoms with Gasteiger partial charge >= 0.3 is 12.3 Å². The number of esters is 1. The van der Waals surface area contributed by atoms with Gasteiger partial charge in [-0.1, -0.05) is 35.0 Å². The van der Waals surface area contributed by atoms with Crippen molar-refractivity contribution < 1.29 is 41.8 Å². The molecule has 1 heterocycles. The summed E-state index contributed by atoms with van der Waals surface area (Å²) in [5.41, 5.74) is 0.838. The minimum atomic E-state index is -4.88. The fraction of sp³-hybridized carbons (Fsp3) is 0.417. The Morgan fingerprint density at radius 2 is 1.63 bits per heavy atom. The van der Waals surface area contributed by atoms with Crippen LogP contribution in [0.15, 0.2) is 65.8 Å². The third kappa shape index (κ3) is 8.41. The van der Waals surface area contributed by atoms with E-state index >= 15 is 0 Å². The van der Waals surface area contributed by atoms with E-state index < -0.39 is 35.3 Å². The number of amides is 1. The van der Waals surface area contributed by atoms with Gasteiger partial charge in [0.05, 0.1) is 18.5 Å². The Bertz CT molecular complexity index is 1760. The van der Waals surface area contributed by atoms with E-state index in [2.05, 4.69) is 15.2 Å². The molecule has 5 rings (SSSR count). The second kappa shape index (κ2) is 13.1. The summed E-state index contributed by atoms with van der Waals surface area (Å²) in [7, 11) is 1.50. The van der Waals surface area contributed by atoms with Crippen molar-refractivity contribution in [2.45, 2.75) is 83.4 Å². The molecular formula is C36H39ClF3N3O6. The van der Waals surface area contributed by atoms with E-state index in [9.17, 15) is 22.8 Å². The number of anilines is 2. The Kier molecular flexibility index (Phi) is 9.59. The molecule has 9 nitrogen and oxygen atoms in total. The molecule has 3 aromatic carbocycles. The first-order chi connectivity index (χ1) is 22.8. The van der Waals surface area contributed by atoms with Gasteiger partial charge < -0.3 is 29.3 Å². The molecule has 49 heavy (non-hydrogen) atoms. The van der Waals surface area contributed by atoms with Crippen LogP contribution in [0, 0.1) is 0 Å². The number of fused-ring (bicyclic) bond motifs is 2. The molecule has 1 saturated carbocycles. The molecule has 0 bridgehead atoms. The van der Waals surface area contributed by atoms with Crippen molar-refractivity contribution in [2.24, 2.45) is 5.16 Å². The van der Waals surface area contributed by atoms with Gasteiger partial charge in [-0.25, -0.2) is 4.79 Å². The maximum Gasteiger partial charge on any atom is 0.573 e. The van der Waals surface area contributed by atoms with Crippen LogP contribution < -0.4 is 19.7 Å². The molecule has 1 amide bonds. The molecule has 0 radical (unpaired) electrons. The summed E-state index contributed by atoms with van der Waals surface area (Å²) in [5.74, 6) is -0.918. The molecule has 1 aliphatic heterocycles. The Morgan fingerprint density at radius 1 is 0.959 bits per heavy atom. The predicted molar refractivity (Wildman–Crippen MR) is 180 cm³/mol. The lowest BCUT2D eigenvalue weighted by Crippen LogP contribution is -2.40. The first-order valence-electron chi connectivity index (χ1n) is 15.7. The summed E-state index contributed by atoms with van der Waals surface area (Å²) in [5, 5.41) is 7.99. The van der Waals surface area contributed by atoms with Gasteiger partial charge in [0.25, 0.3) is 5.91 Å². The van der Waals surface area contributed by atoms with Crippen LogP contribution in [0.25, 0.3) is 0 Å². The predicted octanol–water partition coefficient (Wildman–Crippen LogP) is 8.34. The van der Waals surface area contributed by atoms with Crippen LogP contribution in [0.4, 0.5) is 24.5 Å². The normalized spacial score (nSPS) is 16.1. The number of ether oxygens (including phenoxy) is 3. The van der Waals surface area contributed by atoms with Crippen LogP contribution in [-0.4, -0.2) is 48.8 Å². The van der Waals surface area contributed by atoms with Crippen molar-refractivity contribution >= 4 is 40.6 Å². The lowest BCUT2D eigenvalue weighted by molar-refractivity contribution is -0.274. The molecule has 0 saturated heterocycles. The summed E-state index contributed by atoms with van der Waals surface area (Å²) < 4.78 is 54.6. The van der Waals surface area contributed by atoms with Gasteiger partial charge in [-0.2, -0.15) is 0 Å². The second-order valence-corrected chi connectivity index (χ2v) is 14.2. The molecule has 1 unspecified atom stereocenters. The molecular weight excluding hydrogens is 663 g/mol. The molecule has 1 aliphatic carbocycles. The summed E-state index contributed by atoms with van der Waals surface area (Å²) >= 11 is 6.18. The van der Waals surface area contributed by atoms with Gasteiger partial charge in [0.1, 0.15) is 23.1 Å². The Morgan fingerprint density at radius 3 is 2.22 bits per heavy atom. The number of methoxy groups -OCH3 is 1. The second-order valence-electron chi connectivity index (χ2n) is 13.8. The van der Waals surface area contributed by atoms with Crippen LogP contribution in [0.2, 0.25) is 5.02 Å². The van der Waals surface area contributed by atoms with E-state index in [1.165, 1.54) is 24.1 Å². The number of nitrogens with zero attached hydrogens (tertiary/aromatic N) is 2. The van der Waals surface area contributed by atoms with Crippen LogP contribution in [0.5, 0.6) is 11.5 Å². The third-order valence-electron chi connectivity index (χ3n) is 8.27. The summed E-state index contributed by atoms with van der Waals surface area (Å²) in [6.45, 7) is 10.4. The topological polar surface area (TPSA) is 98.7 Å². The van der Waals surface area contributed by atoms with E-state index in [-0.39, 0.29) is 11.3 Å². The van der Waals surface area contributed by atoms with E-state index in [0.29, 0.717) is 45.5 Å². The van der Waals surface area contributed by atoms with Crippen molar-refractivity contribution in [2.75, 3.05) is 23.9 Å². The number of hydrogen-bond acceptors (Lipinski definition) is 8. The fourth-order valence-corrected chi connectivity index (χ4v) is 5.70. The Balaban J connectivity index is 1.47. The molecule has 1 atom stereocenters. The number of halogens is 4. The fourth-order valence-electron chi connectivity index (χ4n) is 5.58. The van der Waals surface area contributed by atoms with E-state index in [1.54, 1.807) is 90.1 Å². The largest absolute Gasteiger partial charge is 0.573 e. The van der Waals surface area contributed by atoms with E-state index in [0.717, 1.165) is 18.4 Å². The number of rotatable bonds is 10. The van der Waals surface area contributed by atoms with Crippen molar-refractivity contribution in [3.05, 3.63) is 82.4 Å². The van der Waals surface area contributed by atoms with Gasteiger partial charge in [-0.3, -0.25) is 4.79 Å². The smallest absolute Gasteiger partial charge is 0.497 e. The highest BCUT2D eigenvalue weighted by atomic mass is 35.5. The molecule has 2 aliphatic rings. The molecule has 3 aromatic rings. The average molecular weight is 702 g/mol. The van der Waals surface area contributed by atoms with Crippen molar-refractivity contribution in [3.63, 3.8) is 0 Å². The lowest BCUT2D eigenvalue weighted by atomic mass is 9.99. The summed E-state index contributed by atoms with van der Waals surface area (Å²) in [6.07, 6.45) is -3.26. The number of alkyl halides is 3. The zero-order valence-electron chi connectivity index (χ0n) is 28.3. The van der Waals surface area contributed by atoms with Crippen LogP contribution in [0.3, 0.4) is 0 Å².